The molecule has 0 N–H and O–H groups in total. The van der Waals surface area contributed by atoms with Gasteiger partial charge >= 0.3 is 0 Å². The van der Waals surface area contributed by atoms with Crippen LogP contribution in [0.4, 0.5) is 0 Å². The van der Waals surface area contributed by atoms with Crippen LogP contribution in [0.3, 0.4) is 0 Å². The molecule has 1 saturated heterocycles. The van der Waals surface area contributed by atoms with Gasteiger partial charge in [0.1, 0.15) is 5.75 Å². The fraction of sp³-hybridized carbons (Fsp3) is 0.652. The van der Waals surface area contributed by atoms with E-state index < -0.39 is 0 Å². The van der Waals surface area contributed by atoms with E-state index in [2.05, 4.69) is 16.7 Å². The van der Waals surface area contributed by atoms with E-state index in [1.54, 1.807) is 7.11 Å². The van der Waals surface area contributed by atoms with E-state index in [0.717, 1.165) is 43.8 Å². The Balaban J connectivity index is 1.45. The van der Waals surface area contributed by atoms with E-state index >= 15 is 0 Å². The summed E-state index contributed by atoms with van der Waals surface area (Å²) in [4.78, 5) is 31.7. The molecular formula is C23H35N3O3. The molecule has 3 rings (SSSR count). The molecule has 0 radical (unpaired) electrons. The summed E-state index contributed by atoms with van der Waals surface area (Å²) in [5, 5.41) is 0. The highest BCUT2D eigenvalue weighted by atomic mass is 16.5. The van der Waals surface area contributed by atoms with E-state index in [1.165, 1.54) is 19.3 Å². The highest BCUT2D eigenvalue weighted by Crippen LogP contribution is 2.23. The first-order valence-corrected chi connectivity index (χ1v) is 11.0. The number of carbonyl (C=O) groups is 2. The normalized spacial score (nSPS) is 18.5. The van der Waals surface area contributed by atoms with Crippen molar-refractivity contribution in [2.24, 2.45) is 0 Å². The fourth-order valence-corrected chi connectivity index (χ4v) is 4.54. The first-order chi connectivity index (χ1) is 14.1. The number of hydrogen-bond donors (Lipinski definition) is 0. The third-order valence-corrected chi connectivity index (χ3v) is 6.25. The van der Waals surface area contributed by atoms with Crippen molar-refractivity contribution in [1.29, 1.82) is 0 Å². The van der Waals surface area contributed by atoms with Gasteiger partial charge in [0.15, 0.2) is 0 Å². The van der Waals surface area contributed by atoms with Crippen molar-refractivity contribution in [2.45, 2.75) is 51.5 Å². The zero-order chi connectivity index (χ0) is 20.6. The van der Waals surface area contributed by atoms with Crippen molar-refractivity contribution < 1.29 is 14.3 Å². The molecule has 1 aliphatic carbocycles. The molecule has 1 aromatic carbocycles. The van der Waals surface area contributed by atoms with Crippen LogP contribution < -0.4 is 4.74 Å². The molecule has 2 aliphatic rings. The standard InChI is InChI=1S/C23H35N3O3/c1-3-26(20-9-5-4-6-10-20)23(28)18-24-12-14-25(15-13-24)22(27)17-19-8-7-11-21(16-19)29-2/h7-8,11,16,20H,3-6,9-10,12-15,17-18H2,1-2H3. The Morgan fingerprint density at radius 1 is 1.10 bits per heavy atom. The summed E-state index contributed by atoms with van der Waals surface area (Å²) in [5.74, 6) is 1.16. The smallest absolute Gasteiger partial charge is 0.236 e. The molecule has 0 atom stereocenters. The summed E-state index contributed by atoms with van der Waals surface area (Å²) < 4.78 is 5.24. The Morgan fingerprint density at radius 2 is 1.83 bits per heavy atom. The Hall–Kier alpha value is -2.08. The van der Waals surface area contributed by atoms with Gasteiger partial charge in [0, 0.05) is 38.8 Å². The minimum Gasteiger partial charge on any atom is -0.497 e. The van der Waals surface area contributed by atoms with Gasteiger partial charge < -0.3 is 14.5 Å². The van der Waals surface area contributed by atoms with Crippen LogP contribution in [0.2, 0.25) is 0 Å². The van der Waals surface area contributed by atoms with Crippen LogP contribution in [0.15, 0.2) is 24.3 Å². The number of hydrogen-bond acceptors (Lipinski definition) is 4. The first-order valence-electron chi connectivity index (χ1n) is 11.0. The quantitative estimate of drug-likeness (QED) is 0.705. The maximum atomic E-state index is 12.9. The van der Waals surface area contributed by atoms with Crippen LogP contribution >= 0.6 is 0 Å². The van der Waals surface area contributed by atoms with E-state index in [9.17, 15) is 9.59 Å². The maximum Gasteiger partial charge on any atom is 0.236 e. The van der Waals surface area contributed by atoms with E-state index in [4.69, 9.17) is 4.74 Å². The van der Waals surface area contributed by atoms with Gasteiger partial charge in [0.05, 0.1) is 20.1 Å². The molecule has 6 nitrogen and oxygen atoms in total. The van der Waals surface area contributed by atoms with Crippen molar-refractivity contribution in [3.8, 4) is 5.75 Å². The van der Waals surface area contributed by atoms with Crippen LogP contribution in [0.5, 0.6) is 5.75 Å². The van der Waals surface area contributed by atoms with Gasteiger partial charge in [-0.05, 0) is 37.5 Å². The number of benzene rings is 1. The van der Waals surface area contributed by atoms with Crippen LogP contribution in [-0.2, 0) is 16.0 Å². The molecule has 1 aliphatic heterocycles. The van der Waals surface area contributed by atoms with Gasteiger partial charge in [-0.2, -0.15) is 0 Å². The van der Waals surface area contributed by atoms with Gasteiger partial charge in [0.25, 0.3) is 0 Å². The lowest BCUT2D eigenvalue weighted by molar-refractivity contribution is -0.136. The number of nitrogens with zero attached hydrogens (tertiary/aromatic N) is 3. The van der Waals surface area contributed by atoms with Crippen molar-refractivity contribution >= 4 is 11.8 Å². The molecular weight excluding hydrogens is 366 g/mol. The van der Waals surface area contributed by atoms with Gasteiger partial charge in [-0.1, -0.05) is 31.4 Å². The van der Waals surface area contributed by atoms with Crippen molar-refractivity contribution in [3.63, 3.8) is 0 Å². The Kier molecular flexibility index (Phi) is 7.92. The maximum absolute atomic E-state index is 12.9. The molecule has 29 heavy (non-hydrogen) atoms. The van der Waals surface area contributed by atoms with Crippen molar-refractivity contribution in [2.75, 3.05) is 46.4 Å². The number of amides is 2. The monoisotopic (exact) mass is 401 g/mol. The Morgan fingerprint density at radius 3 is 2.48 bits per heavy atom. The zero-order valence-corrected chi connectivity index (χ0v) is 17.9. The minimum absolute atomic E-state index is 0.140. The third kappa shape index (κ3) is 5.95. The van der Waals surface area contributed by atoms with Gasteiger partial charge in [0.2, 0.25) is 11.8 Å². The van der Waals surface area contributed by atoms with Gasteiger partial charge in [-0.25, -0.2) is 0 Å². The molecule has 0 bridgehead atoms. The molecule has 1 aromatic rings. The minimum atomic E-state index is 0.140. The average Bonchev–Trinajstić information content (AvgIpc) is 2.75. The van der Waals surface area contributed by atoms with Crippen LogP contribution in [0.25, 0.3) is 0 Å². The fourth-order valence-electron chi connectivity index (χ4n) is 4.54. The largest absolute Gasteiger partial charge is 0.497 e. The second kappa shape index (κ2) is 10.6. The van der Waals surface area contributed by atoms with Crippen molar-refractivity contribution in [1.82, 2.24) is 14.7 Å². The molecule has 6 heteroatoms. The molecule has 1 saturated carbocycles. The molecule has 0 aromatic heterocycles. The van der Waals surface area contributed by atoms with E-state index in [0.29, 0.717) is 32.1 Å². The summed E-state index contributed by atoms with van der Waals surface area (Å²) in [6.07, 6.45) is 6.46. The number of ether oxygens (including phenoxy) is 1. The second-order valence-electron chi connectivity index (χ2n) is 8.16. The summed E-state index contributed by atoms with van der Waals surface area (Å²) in [6, 6.07) is 8.09. The lowest BCUT2D eigenvalue weighted by Gasteiger charge is -2.38. The highest BCUT2D eigenvalue weighted by Gasteiger charge is 2.27. The van der Waals surface area contributed by atoms with Crippen LogP contribution in [0, 0.1) is 0 Å². The first kappa shape index (κ1) is 21.6. The van der Waals surface area contributed by atoms with E-state index in [1.807, 2.05) is 29.2 Å². The third-order valence-electron chi connectivity index (χ3n) is 6.25. The number of carbonyl (C=O) groups excluding carboxylic acids is 2. The highest BCUT2D eigenvalue weighted by molar-refractivity contribution is 5.80. The number of piperazine rings is 1. The summed E-state index contributed by atoms with van der Waals surface area (Å²) >= 11 is 0. The summed E-state index contributed by atoms with van der Waals surface area (Å²) in [6.45, 7) is 6.25. The van der Waals surface area contributed by atoms with Crippen molar-refractivity contribution in [3.05, 3.63) is 29.8 Å². The molecule has 160 valence electrons. The van der Waals surface area contributed by atoms with Gasteiger partial charge in [-0.3, -0.25) is 14.5 Å². The lowest BCUT2D eigenvalue weighted by Crippen LogP contribution is -2.53. The number of methoxy groups -OCH3 is 1. The summed E-state index contributed by atoms with van der Waals surface area (Å²) in [5.41, 5.74) is 0.970. The molecule has 0 unspecified atom stereocenters. The number of likely N-dealkylation sites (N-methyl/N-ethyl adjacent to an activating group) is 1. The summed E-state index contributed by atoms with van der Waals surface area (Å²) in [7, 11) is 1.63. The topological polar surface area (TPSA) is 53.1 Å². The predicted octanol–water partition coefficient (Wildman–Crippen LogP) is 2.56. The second-order valence-corrected chi connectivity index (χ2v) is 8.16. The van der Waals surface area contributed by atoms with Crippen LogP contribution in [-0.4, -0.2) is 78.9 Å². The molecule has 2 fully saturated rings. The molecule has 0 spiro atoms. The predicted molar refractivity (Wildman–Crippen MR) is 114 cm³/mol. The Labute approximate surface area is 174 Å². The van der Waals surface area contributed by atoms with Gasteiger partial charge in [-0.15, -0.1) is 0 Å². The van der Waals surface area contributed by atoms with E-state index in [-0.39, 0.29) is 11.8 Å². The Bertz CT molecular complexity index is 680. The lowest BCUT2D eigenvalue weighted by atomic mass is 9.94. The average molecular weight is 402 g/mol. The zero-order valence-electron chi connectivity index (χ0n) is 17.9. The molecule has 1 heterocycles. The SMILES string of the molecule is CCN(C(=O)CN1CCN(C(=O)Cc2cccc(OC)c2)CC1)C1CCCCC1. The number of rotatable bonds is 7. The van der Waals surface area contributed by atoms with Crippen LogP contribution in [0.1, 0.15) is 44.6 Å². The molecule has 2 amide bonds.